The molecule has 1 N–H and O–H groups in total. The first-order valence-electron chi connectivity index (χ1n) is 16.3. The van der Waals surface area contributed by atoms with Gasteiger partial charge < -0.3 is 28.9 Å². The highest BCUT2D eigenvalue weighted by Gasteiger charge is 2.40. The van der Waals surface area contributed by atoms with Crippen LogP contribution in [-0.2, 0) is 28.4 Å². The Balaban J connectivity index is 1.39. The third-order valence-corrected chi connectivity index (χ3v) is 8.34. The van der Waals surface area contributed by atoms with Gasteiger partial charge in [0.25, 0.3) is 0 Å². The average Bonchev–Trinajstić information content (AvgIpc) is 3.19. The molecule has 6 aromatic rings. The van der Waals surface area contributed by atoms with Crippen molar-refractivity contribution in [1.82, 2.24) is 0 Å². The number of hydrogen-bond donors (Lipinski definition) is 1. The molecule has 0 saturated carbocycles. The molecule has 8 heteroatoms. The average molecular weight is 680 g/mol. The zero-order valence-corrected chi connectivity index (χ0v) is 28.3. The molecular formula is C43H37NO7. The van der Waals surface area contributed by atoms with Gasteiger partial charge in [0.1, 0.15) is 24.7 Å². The van der Waals surface area contributed by atoms with Crippen LogP contribution in [0, 0.1) is 0 Å². The van der Waals surface area contributed by atoms with Crippen molar-refractivity contribution in [2.75, 3.05) is 14.2 Å². The summed E-state index contributed by atoms with van der Waals surface area (Å²) < 4.78 is 23.0. The molecule has 0 aliphatic heterocycles. The van der Waals surface area contributed by atoms with Gasteiger partial charge in [0.2, 0.25) is 5.60 Å². The molecule has 0 unspecified atom stereocenters. The minimum atomic E-state index is -1.27. The van der Waals surface area contributed by atoms with Crippen molar-refractivity contribution >= 4 is 11.7 Å². The zero-order valence-electron chi connectivity index (χ0n) is 28.3. The van der Waals surface area contributed by atoms with Crippen LogP contribution in [0.1, 0.15) is 33.4 Å². The standard InChI is InChI=1S/C43H37NO7/c1-47-37-23-18-31(19-24-37)29-49-39-27-22-33(28-40(39)50-30-32-20-25-38(48-2)26-21-32)41(42(45)46)44-51-43(34-12-6-3-7-13-34,35-14-8-4-9-15-35)36-16-10-5-11-17-36/h3-28H,29-30H2,1-2H3,(H,45,46)/b44-41-. The maximum absolute atomic E-state index is 12.9. The predicted octanol–water partition coefficient (Wildman–Crippen LogP) is 8.66. The molecule has 6 rings (SSSR count). The number of ether oxygens (including phenoxy) is 4. The summed E-state index contributed by atoms with van der Waals surface area (Å²) in [6.07, 6.45) is 0. The maximum Gasteiger partial charge on any atom is 0.358 e. The second-order valence-corrected chi connectivity index (χ2v) is 11.6. The van der Waals surface area contributed by atoms with E-state index >= 15 is 0 Å². The largest absolute Gasteiger partial charge is 0.497 e. The zero-order chi connectivity index (χ0) is 35.5. The molecule has 0 fully saturated rings. The van der Waals surface area contributed by atoms with E-state index in [2.05, 4.69) is 5.16 Å². The van der Waals surface area contributed by atoms with E-state index in [1.807, 2.05) is 140 Å². The molecule has 0 heterocycles. The predicted molar refractivity (Wildman–Crippen MR) is 196 cm³/mol. The smallest absolute Gasteiger partial charge is 0.358 e. The number of hydrogen-bond acceptors (Lipinski definition) is 7. The molecule has 0 atom stereocenters. The minimum absolute atomic E-state index is 0.196. The summed E-state index contributed by atoms with van der Waals surface area (Å²) in [5.41, 5.74) is 2.84. The summed E-state index contributed by atoms with van der Waals surface area (Å²) in [6.45, 7) is 0.445. The van der Waals surface area contributed by atoms with Crippen LogP contribution in [0.3, 0.4) is 0 Å². The van der Waals surface area contributed by atoms with Crippen molar-refractivity contribution in [3.8, 4) is 23.0 Å². The molecule has 0 aromatic heterocycles. The van der Waals surface area contributed by atoms with Gasteiger partial charge in [0.05, 0.1) is 14.2 Å². The lowest BCUT2D eigenvalue weighted by Crippen LogP contribution is -2.32. The fourth-order valence-corrected chi connectivity index (χ4v) is 5.66. The van der Waals surface area contributed by atoms with Crippen LogP contribution in [0.4, 0.5) is 0 Å². The monoisotopic (exact) mass is 679 g/mol. The number of benzene rings is 6. The molecule has 0 spiro atoms. The molecule has 51 heavy (non-hydrogen) atoms. The quantitative estimate of drug-likeness (QED) is 0.0659. The topological polar surface area (TPSA) is 95.8 Å². The van der Waals surface area contributed by atoms with Gasteiger partial charge in [-0.1, -0.05) is 120 Å². The fourth-order valence-electron chi connectivity index (χ4n) is 5.66. The Hall–Kier alpha value is -6.54. The van der Waals surface area contributed by atoms with Gasteiger partial charge in [0.15, 0.2) is 17.2 Å². The van der Waals surface area contributed by atoms with Gasteiger partial charge in [-0.15, -0.1) is 0 Å². The van der Waals surface area contributed by atoms with E-state index in [1.54, 1.807) is 32.4 Å². The van der Waals surface area contributed by atoms with E-state index in [0.29, 0.717) is 11.5 Å². The number of oxime groups is 1. The highest BCUT2D eigenvalue weighted by molar-refractivity contribution is 6.42. The number of rotatable bonds is 15. The van der Waals surface area contributed by atoms with Crippen molar-refractivity contribution in [2.24, 2.45) is 5.16 Å². The van der Waals surface area contributed by atoms with E-state index in [0.717, 1.165) is 39.3 Å². The first-order chi connectivity index (χ1) is 25.0. The molecule has 0 aliphatic rings. The van der Waals surface area contributed by atoms with Crippen molar-refractivity contribution in [3.63, 3.8) is 0 Å². The normalized spacial score (nSPS) is 11.4. The second kappa shape index (κ2) is 16.2. The Kier molecular flexibility index (Phi) is 10.9. The summed E-state index contributed by atoms with van der Waals surface area (Å²) in [6, 6.07) is 48.8. The number of carboxylic acids is 1. The number of nitrogens with zero attached hydrogens (tertiary/aromatic N) is 1. The Morgan fingerprint density at radius 3 is 1.41 bits per heavy atom. The van der Waals surface area contributed by atoms with E-state index in [1.165, 1.54) is 0 Å². The molecule has 0 bridgehead atoms. The van der Waals surface area contributed by atoms with E-state index < -0.39 is 11.6 Å². The molecular weight excluding hydrogens is 642 g/mol. The van der Waals surface area contributed by atoms with Crippen LogP contribution >= 0.6 is 0 Å². The molecule has 8 nitrogen and oxygen atoms in total. The lowest BCUT2D eigenvalue weighted by Gasteiger charge is -2.33. The summed E-state index contributed by atoms with van der Waals surface area (Å²) in [7, 11) is 3.22. The van der Waals surface area contributed by atoms with Crippen LogP contribution in [0.15, 0.2) is 163 Å². The van der Waals surface area contributed by atoms with Gasteiger partial charge in [-0.25, -0.2) is 4.79 Å². The van der Waals surface area contributed by atoms with Gasteiger partial charge in [-0.05, 0) is 53.6 Å². The molecule has 0 amide bonds. The van der Waals surface area contributed by atoms with Crippen molar-refractivity contribution in [3.05, 3.63) is 191 Å². The first kappa shape index (κ1) is 34.3. The van der Waals surface area contributed by atoms with Crippen LogP contribution < -0.4 is 18.9 Å². The molecule has 0 aliphatic carbocycles. The summed E-state index contributed by atoms with van der Waals surface area (Å²) in [5.74, 6) is 0.965. The Bertz CT molecular complexity index is 1950. The summed E-state index contributed by atoms with van der Waals surface area (Å²) in [4.78, 5) is 19.4. The second-order valence-electron chi connectivity index (χ2n) is 11.6. The maximum atomic E-state index is 12.9. The number of aliphatic carboxylic acids is 1. The van der Waals surface area contributed by atoms with Crippen molar-refractivity contribution in [2.45, 2.75) is 18.8 Å². The fraction of sp³-hybridized carbons (Fsp3) is 0.116. The van der Waals surface area contributed by atoms with Crippen LogP contribution in [-0.4, -0.2) is 31.0 Å². The summed E-state index contributed by atoms with van der Waals surface area (Å²) in [5, 5.41) is 15.0. The van der Waals surface area contributed by atoms with Crippen LogP contribution in [0.2, 0.25) is 0 Å². The molecule has 0 saturated heterocycles. The SMILES string of the molecule is COc1ccc(COc2ccc(/C(=N/OC(c3ccccc3)(c3ccccc3)c3ccccc3)C(=O)O)cc2OCc2ccc(OC)cc2)cc1. The summed E-state index contributed by atoms with van der Waals surface area (Å²) >= 11 is 0. The van der Waals surface area contributed by atoms with E-state index in [9.17, 15) is 9.90 Å². The molecule has 6 aromatic carbocycles. The van der Waals surface area contributed by atoms with Crippen molar-refractivity contribution in [1.29, 1.82) is 0 Å². The minimum Gasteiger partial charge on any atom is -0.497 e. The Labute approximate surface area is 297 Å². The van der Waals surface area contributed by atoms with E-state index in [-0.39, 0.29) is 24.5 Å². The van der Waals surface area contributed by atoms with Crippen LogP contribution in [0.25, 0.3) is 0 Å². The van der Waals surface area contributed by atoms with Crippen LogP contribution in [0.5, 0.6) is 23.0 Å². The Morgan fingerprint density at radius 1 is 0.569 bits per heavy atom. The molecule has 256 valence electrons. The lowest BCUT2D eigenvalue weighted by atomic mass is 9.80. The molecule has 0 radical (unpaired) electrons. The van der Waals surface area contributed by atoms with E-state index in [4.69, 9.17) is 23.8 Å². The number of carboxylic acid groups (broad SMARTS) is 1. The highest BCUT2D eigenvalue weighted by atomic mass is 16.7. The number of methoxy groups -OCH3 is 2. The third kappa shape index (κ3) is 8.03. The number of carbonyl (C=O) groups is 1. The van der Waals surface area contributed by atoms with Gasteiger partial charge in [0, 0.05) is 22.3 Å². The first-order valence-corrected chi connectivity index (χ1v) is 16.3. The van der Waals surface area contributed by atoms with Gasteiger partial charge in [-0.3, -0.25) is 0 Å². The Morgan fingerprint density at radius 2 is 1.00 bits per heavy atom. The third-order valence-electron chi connectivity index (χ3n) is 8.34. The van der Waals surface area contributed by atoms with Crippen molar-refractivity contribution < 1.29 is 33.7 Å². The lowest BCUT2D eigenvalue weighted by molar-refractivity contribution is -0.129. The highest BCUT2D eigenvalue weighted by Crippen LogP contribution is 2.41. The van der Waals surface area contributed by atoms with Gasteiger partial charge >= 0.3 is 5.97 Å². The van der Waals surface area contributed by atoms with Gasteiger partial charge in [-0.2, -0.15) is 0 Å².